The average molecular weight is 270 g/mol. The number of nitrogens with one attached hydrogen (secondary N) is 2. The highest BCUT2D eigenvalue weighted by Gasteiger charge is 2.25. The summed E-state index contributed by atoms with van der Waals surface area (Å²) in [5, 5.41) is 15.1. The molecule has 0 spiro atoms. The van der Waals surface area contributed by atoms with Crippen LogP contribution in [0.1, 0.15) is 46.0 Å². The Kier molecular flexibility index (Phi) is 6.84. The Balaban J connectivity index is 2.16. The number of hydrogen-bond donors (Lipinski definition) is 3. The Bertz CT molecular complexity index is 299. The van der Waals surface area contributed by atoms with Gasteiger partial charge in [0.15, 0.2) is 0 Å². The fourth-order valence-corrected chi connectivity index (χ4v) is 2.64. The highest BCUT2D eigenvalue weighted by molar-refractivity contribution is 5.76. The van der Waals surface area contributed by atoms with E-state index >= 15 is 0 Å². The summed E-state index contributed by atoms with van der Waals surface area (Å²) < 4.78 is 0. The monoisotopic (exact) mass is 270 g/mol. The van der Waals surface area contributed by atoms with Gasteiger partial charge in [-0.2, -0.15) is 0 Å². The van der Waals surface area contributed by atoms with E-state index in [1.807, 2.05) is 13.8 Å². The van der Waals surface area contributed by atoms with E-state index < -0.39 is 5.97 Å². The van der Waals surface area contributed by atoms with Crippen LogP contribution in [0, 0.1) is 11.8 Å². The first-order valence-electron chi connectivity index (χ1n) is 7.25. The quantitative estimate of drug-likeness (QED) is 0.653. The van der Waals surface area contributed by atoms with Gasteiger partial charge in [0.2, 0.25) is 5.91 Å². The number of aliphatic carboxylic acids is 1. The molecule has 1 saturated carbocycles. The van der Waals surface area contributed by atoms with Crippen molar-refractivity contribution in [2.75, 3.05) is 13.1 Å². The molecule has 1 atom stereocenters. The van der Waals surface area contributed by atoms with Gasteiger partial charge in [0.05, 0.1) is 5.92 Å². The summed E-state index contributed by atoms with van der Waals surface area (Å²) >= 11 is 0. The van der Waals surface area contributed by atoms with Gasteiger partial charge in [-0.15, -0.1) is 0 Å². The van der Waals surface area contributed by atoms with E-state index in [0.29, 0.717) is 18.9 Å². The van der Waals surface area contributed by atoms with Gasteiger partial charge in [0, 0.05) is 19.0 Å². The van der Waals surface area contributed by atoms with E-state index in [1.165, 1.54) is 0 Å². The lowest BCUT2D eigenvalue weighted by molar-refractivity contribution is -0.143. The minimum absolute atomic E-state index is 0.0776. The molecule has 0 bridgehead atoms. The van der Waals surface area contributed by atoms with Crippen molar-refractivity contribution in [2.24, 2.45) is 11.8 Å². The van der Waals surface area contributed by atoms with Gasteiger partial charge in [-0.3, -0.25) is 9.59 Å². The second kappa shape index (κ2) is 8.15. The smallest absolute Gasteiger partial charge is 0.306 e. The third-order valence-corrected chi connectivity index (χ3v) is 3.83. The maximum atomic E-state index is 11.7. The normalized spacial score (nSPS) is 24.7. The fourth-order valence-electron chi connectivity index (χ4n) is 2.64. The SMILES string of the molecule is CCNC(C)CC(=O)NCC1CCC(C(=O)O)CC1. The molecule has 110 valence electrons. The number of carbonyl (C=O) groups is 2. The minimum Gasteiger partial charge on any atom is -0.481 e. The summed E-state index contributed by atoms with van der Waals surface area (Å²) in [4.78, 5) is 22.5. The number of carboxylic acids is 1. The summed E-state index contributed by atoms with van der Waals surface area (Å²) in [6, 6.07) is 0.202. The Morgan fingerprint density at radius 3 is 2.42 bits per heavy atom. The molecule has 1 rings (SSSR count). The Morgan fingerprint density at radius 1 is 1.26 bits per heavy atom. The van der Waals surface area contributed by atoms with E-state index in [1.54, 1.807) is 0 Å². The van der Waals surface area contributed by atoms with E-state index in [2.05, 4.69) is 10.6 Å². The Labute approximate surface area is 115 Å². The predicted octanol–water partition coefficient (Wildman–Crippen LogP) is 1.38. The van der Waals surface area contributed by atoms with Crippen LogP contribution < -0.4 is 10.6 Å². The van der Waals surface area contributed by atoms with Gasteiger partial charge in [-0.05, 0) is 45.1 Å². The maximum Gasteiger partial charge on any atom is 0.306 e. The number of rotatable bonds is 7. The molecule has 3 N–H and O–H groups in total. The number of carbonyl (C=O) groups excluding carboxylic acids is 1. The molecule has 1 fully saturated rings. The van der Waals surface area contributed by atoms with Crippen molar-refractivity contribution in [2.45, 2.75) is 52.0 Å². The third-order valence-electron chi connectivity index (χ3n) is 3.83. The molecule has 1 aliphatic rings. The summed E-state index contributed by atoms with van der Waals surface area (Å²) in [7, 11) is 0. The molecule has 0 aliphatic heterocycles. The molecule has 5 nitrogen and oxygen atoms in total. The van der Waals surface area contributed by atoms with E-state index in [-0.39, 0.29) is 17.9 Å². The first-order valence-corrected chi connectivity index (χ1v) is 7.25. The summed E-state index contributed by atoms with van der Waals surface area (Å²) in [6.45, 7) is 5.58. The van der Waals surface area contributed by atoms with Crippen LogP contribution in [-0.2, 0) is 9.59 Å². The zero-order chi connectivity index (χ0) is 14.3. The van der Waals surface area contributed by atoms with Crippen molar-refractivity contribution in [3.63, 3.8) is 0 Å². The zero-order valence-electron chi connectivity index (χ0n) is 11.9. The summed E-state index contributed by atoms with van der Waals surface area (Å²) in [6.07, 6.45) is 3.78. The Hall–Kier alpha value is -1.10. The standard InChI is InChI=1S/C14H26N2O3/c1-3-15-10(2)8-13(17)16-9-11-4-6-12(7-5-11)14(18)19/h10-12,15H,3-9H2,1-2H3,(H,16,17)(H,18,19). The lowest BCUT2D eigenvalue weighted by atomic mass is 9.82. The molecule has 1 unspecified atom stereocenters. The zero-order valence-corrected chi connectivity index (χ0v) is 11.9. The molecule has 5 heteroatoms. The molecular formula is C14H26N2O3. The van der Waals surface area contributed by atoms with Gasteiger partial charge in [-0.1, -0.05) is 6.92 Å². The van der Waals surface area contributed by atoms with E-state index in [9.17, 15) is 9.59 Å². The highest BCUT2D eigenvalue weighted by atomic mass is 16.4. The van der Waals surface area contributed by atoms with Crippen molar-refractivity contribution in [1.82, 2.24) is 10.6 Å². The molecule has 0 aromatic heterocycles. The molecular weight excluding hydrogens is 244 g/mol. The highest BCUT2D eigenvalue weighted by Crippen LogP contribution is 2.28. The molecule has 0 saturated heterocycles. The van der Waals surface area contributed by atoms with Crippen molar-refractivity contribution >= 4 is 11.9 Å². The van der Waals surface area contributed by atoms with Gasteiger partial charge in [-0.25, -0.2) is 0 Å². The fraction of sp³-hybridized carbons (Fsp3) is 0.857. The predicted molar refractivity (Wildman–Crippen MR) is 73.8 cm³/mol. The lowest BCUT2D eigenvalue weighted by Gasteiger charge is -2.26. The van der Waals surface area contributed by atoms with E-state index in [4.69, 9.17) is 5.11 Å². The largest absolute Gasteiger partial charge is 0.481 e. The first kappa shape index (κ1) is 16.0. The van der Waals surface area contributed by atoms with E-state index in [0.717, 1.165) is 32.2 Å². The average Bonchev–Trinajstić information content (AvgIpc) is 2.37. The number of amides is 1. The summed E-state index contributed by atoms with van der Waals surface area (Å²) in [5.41, 5.74) is 0. The van der Waals surface area contributed by atoms with Crippen LogP contribution in [0.4, 0.5) is 0 Å². The maximum absolute atomic E-state index is 11.7. The summed E-state index contributed by atoms with van der Waals surface area (Å²) in [5.74, 6) is -0.342. The molecule has 0 radical (unpaired) electrons. The number of hydrogen-bond acceptors (Lipinski definition) is 3. The van der Waals surface area contributed by atoms with Gasteiger partial charge in [0.25, 0.3) is 0 Å². The van der Waals surface area contributed by atoms with Crippen LogP contribution >= 0.6 is 0 Å². The van der Waals surface area contributed by atoms with Crippen LogP contribution in [0.5, 0.6) is 0 Å². The van der Waals surface area contributed by atoms with Gasteiger partial charge >= 0.3 is 5.97 Å². The molecule has 0 heterocycles. The Morgan fingerprint density at radius 2 is 1.89 bits per heavy atom. The molecule has 1 amide bonds. The van der Waals surface area contributed by atoms with Crippen LogP contribution in [0.2, 0.25) is 0 Å². The van der Waals surface area contributed by atoms with Crippen molar-refractivity contribution in [1.29, 1.82) is 0 Å². The van der Waals surface area contributed by atoms with Crippen molar-refractivity contribution in [3.8, 4) is 0 Å². The molecule has 1 aliphatic carbocycles. The van der Waals surface area contributed by atoms with Gasteiger partial charge < -0.3 is 15.7 Å². The second-order valence-corrected chi connectivity index (χ2v) is 5.52. The van der Waals surface area contributed by atoms with Crippen molar-refractivity contribution < 1.29 is 14.7 Å². The van der Waals surface area contributed by atoms with Gasteiger partial charge in [0.1, 0.15) is 0 Å². The molecule has 0 aromatic carbocycles. The molecule has 19 heavy (non-hydrogen) atoms. The number of carboxylic acid groups (broad SMARTS) is 1. The minimum atomic E-state index is -0.679. The lowest BCUT2D eigenvalue weighted by Crippen LogP contribution is -2.36. The van der Waals surface area contributed by atoms with Crippen LogP contribution in [0.15, 0.2) is 0 Å². The second-order valence-electron chi connectivity index (χ2n) is 5.52. The van der Waals surface area contributed by atoms with Crippen LogP contribution in [0.25, 0.3) is 0 Å². The van der Waals surface area contributed by atoms with Crippen LogP contribution in [-0.4, -0.2) is 36.1 Å². The van der Waals surface area contributed by atoms with Crippen molar-refractivity contribution in [3.05, 3.63) is 0 Å². The third kappa shape index (κ3) is 6.05. The topological polar surface area (TPSA) is 78.4 Å². The first-order chi connectivity index (χ1) is 9.02. The van der Waals surface area contributed by atoms with Crippen LogP contribution in [0.3, 0.4) is 0 Å². The molecule has 0 aromatic rings.